The zero-order chi connectivity index (χ0) is 23.0. The third-order valence-corrected chi connectivity index (χ3v) is 5.50. The Bertz CT molecular complexity index is 1260. The number of pyridine rings is 1. The van der Waals surface area contributed by atoms with Crippen LogP contribution in [0.5, 0.6) is 5.75 Å². The van der Waals surface area contributed by atoms with Gasteiger partial charge in [0, 0.05) is 23.1 Å². The van der Waals surface area contributed by atoms with Crippen molar-refractivity contribution in [1.82, 2.24) is 4.98 Å². The van der Waals surface area contributed by atoms with Crippen LogP contribution in [0, 0.1) is 5.82 Å². The number of anilines is 1. The summed E-state index contributed by atoms with van der Waals surface area (Å²) < 4.78 is 19.2. The molecular formula is C23H15Cl2FN2O4. The maximum atomic E-state index is 13.9. The van der Waals surface area contributed by atoms with E-state index in [0.29, 0.717) is 5.56 Å². The minimum atomic E-state index is -1.08. The van der Waals surface area contributed by atoms with Gasteiger partial charge in [0.15, 0.2) is 0 Å². The lowest BCUT2D eigenvalue weighted by atomic mass is 9.95. The van der Waals surface area contributed by atoms with Gasteiger partial charge in [-0.25, -0.2) is 4.39 Å². The molecule has 1 aromatic heterocycles. The SMILES string of the molecule is COc1c(Cl)cc(Cl)cc1/C(O)=C1\C(=O)C(=O)N(c2cccc(F)c2)C1c1cccnc1. The molecule has 0 spiro atoms. The van der Waals surface area contributed by atoms with Gasteiger partial charge in [-0.1, -0.05) is 35.3 Å². The van der Waals surface area contributed by atoms with E-state index in [1.165, 1.54) is 49.8 Å². The summed E-state index contributed by atoms with van der Waals surface area (Å²) in [4.78, 5) is 31.3. The Morgan fingerprint density at radius 1 is 1.16 bits per heavy atom. The van der Waals surface area contributed by atoms with Crippen molar-refractivity contribution >= 4 is 46.3 Å². The molecule has 1 saturated heterocycles. The number of methoxy groups -OCH3 is 1. The second-order valence-corrected chi connectivity index (χ2v) is 7.75. The van der Waals surface area contributed by atoms with Gasteiger partial charge in [-0.15, -0.1) is 0 Å². The number of ether oxygens (including phenoxy) is 1. The number of hydrogen-bond acceptors (Lipinski definition) is 5. The first-order valence-electron chi connectivity index (χ1n) is 9.33. The third kappa shape index (κ3) is 3.70. The van der Waals surface area contributed by atoms with E-state index in [0.717, 1.165) is 11.0 Å². The molecule has 6 nitrogen and oxygen atoms in total. The predicted octanol–water partition coefficient (Wildman–Crippen LogP) is 5.16. The fourth-order valence-corrected chi connectivity index (χ4v) is 4.24. The van der Waals surface area contributed by atoms with E-state index in [9.17, 15) is 19.1 Å². The Morgan fingerprint density at radius 3 is 2.59 bits per heavy atom. The van der Waals surface area contributed by atoms with Gasteiger partial charge in [0.2, 0.25) is 0 Å². The average molecular weight is 473 g/mol. The highest BCUT2D eigenvalue weighted by molar-refractivity contribution is 6.51. The topological polar surface area (TPSA) is 79.7 Å². The Morgan fingerprint density at radius 2 is 1.94 bits per heavy atom. The Hall–Kier alpha value is -3.42. The van der Waals surface area contributed by atoms with Crippen LogP contribution in [0.2, 0.25) is 10.0 Å². The number of carbonyl (C=O) groups is 2. The highest BCUT2D eigenvalue weighted by atomic mass is 35.5. The number of nitrogens with zero attached hydrogens (tertiary/aromatic N) is 2. The van der Waals surface area contributed by atoms with Crippen LogP contribution >= 0.6 is 23.2 Å². The molecule has 162 valence electrons. The molecule has 0 bridgehead atoms. The van der Waals surface area contributed by atoms with Crippen LogP contribution in [0.25, 0.3) is 5.76 Å². The molecule has 1 aliphatic heterocycles. The second-order valence-electron chi connectivity index (χ2n) is 6.90. The Labute approximate surface area is 192 Å². The smallest absolute Gasteiger partial charge is 0.300 e. The van der Waals surface area contributed by atoms with Gasteiger partial charge in [-0.3, -0.25) is 19.5 Å². The molecule has 32 heavy (non-hydrogen) atoms. The van der Waals surface area contributed by atoms with Crippen LogP contribution in [0.3, 0.4) is 0 Å². The molecule has 1 N–H and O–H groups in total. The molecule has 1 aliphatic rings. The number of benzene rings is 2. The number of ketones is 1. The summed E-state index contributed by atoms with van der Waals surface area (Å²) >= 11 is 12.3. The first kappa shape index (κ1) is 21.8. The molecule has 2 aromatic carbocycles. The third-order valence-electron chi connectivity index (χ3n) is 5.00. The van der Waals surface area contributed by atoms with Crippen molar-refractivity contribution in [2.45, 2.75) is 6.04 Å². The number of aliphatic hydroxyl groups excluding tert-OH is 1. The number of aliphatic hydroxyl groups is 1. The van der Waals surface area contributed by atoms with Gasteiger partial charge < -0.3 is 9.84 Å². The fraction of sp³-hybridized carbons (Fsp3) is 0.0870. The van der Waals surface area contributed by atoms with Crippen LogP contribution in [-0.2, 0) is 9.59 Å². The Balaban J connectivity index is 2.01. The maximum Gasteiger partial charge on any atom is 0.300 e. The minimum absolute atomic E-state index is 0.0381. The first-order chi connectivity index (χ1) is 15.3. The van der Waals surface area contributed by atoms with Crippen molar-refractivity contribution in [3.05, 3.63) is 93.5 Å². The number of halogens is 3. The molecule has 1 fully saturated rings. The average Bonchev–Trinajstić information content (AvgIpc) is 3.04. The lowest BCUT2D eigenvalue weighted by Gasteiger charge is -2.25. The number of amides is 1. The van der Waals surface area contributed by atoms with E-state index in [1.54, 1.807) is 12.1 Å². The fourth-order valence-electron chi connectivity index (χ4n) is 3.67. The van der Waals surface area contributed by atoms with E-state index >= 15 is 0 Å². The Kier molecular flexibility index (Phi) is 5.86. The van der Waals surface area contributed by atoms with E-state index in [2.05, 4.69) is 4.98 Å². The van der Waals surface area contributed by atoms with Crippen LogP contribution in [0.4, 0.5) is 10.1 Å². The quantitative estimate of drug-likeness (QED) is 0.322. The lowest BCUT2D eigenvalue weighted by molar-refractivity contribution is -0.132. The molecule has 1 unspecified atom stereocenters. The second kappa shape index (κ2) is 8.61. The van der Waals surface area contributed by atoms with Crippen molar-refractivity contribution in [2.75, 3.05) is 12.0 Å². The van der Waals surface area contributed by atoms with Gasteiger partial charge in [-0.2, -0.15) is 0 Å². The predicted molar refractivity (Wildman–Crippen MR) is 118 cm³/mol. The summed E-state index contributed by atoms with van der Waals surface area (Å²) in [5, 5.41) is 11.5. The van der Waals surface area contributed by atoms with Gasteiger partial charge >= 0.3 is 0 Å². The summed E-state index contributed by atoms with van der Waals surface area (Å²) in [5.74, 6) is -2.93. The minimum Gasteiger partial charge on any atom is -0.507 e. The van der Waals surface area contributed by atoms with E-state index < -0.39 is 29.3 Å². The van der Waals surface area contributed by atoms with E-state index in [1.807, 2.05) is 0 Å². The summed E-state index contributed by atoms with van der Waals surface area (Å²) in [6.45, 7) is 0. The van der Waals surface area contributed by atoms with Gasteiger partial charge in [0.05, 0.1) is 29.3 Å². The largest absolute Gasteiger partial charge is 0.507 e. The van der Waals surface area contributed by atoms with Crippen LogP contribution in [0.15, 0.2) is 66.5 Å². The molecule has 0 aliphatic carbocycles. The van der Waals surface area contributed by atoms with Crippen molar-refractivity contribution in [3.8, 4) is 5.75 Å². The van der Waals surface area contributed by atoms with Crippen molar-refractivity contribution in [1.29, 1.82) is 0 Å². The van der Waals surface area contributed by atoms with E-state index in [-0.39, 0.29) is 32.6 Å². The molecule has 3 aromatic rings. The van der Waals surface area contributed by atoms with Gasteiger partial charge in [0.1, 0.15) is 17.3 Å². The van der Waals surface area contributed by atoms with Crippen molar-refractivity contribution < 1.29 is 23.8 Å². The molecular weight excluding hydrogens is 458 g/mol. The zero-order valence-corrected chi connectivity index (χ0v) is 18.1. The molecule has 0 radical (unpaired) electrons. The summed E-state index contributed by atoms with van der Waals surface area (Å²) in [6.07, 6.45) is 2.98. The number of rotatable bonds is 4. The summed E-state index contributed by atoms with van der Waals surface area (Å²) in [7, 11) is 1.34. The highest BCUT2D eigenvalue weighted by Crippen LogP contribution is 2.44. The summed E-state index contributed by atoms with van der Waals surface area (Å²) in [6, 6.07) is 10.2. The standard InChI is InChI=1S/C23H15Cl2FN2O4/c1-32-22-16(8-13(24)9-17(22)25)20(29)18-19(12-4-3-7-27-11-12)28(23(31)21(18)30)15-6-2-5-14(26)10-15/h2-11,19,29H,1H3/b20-18+. The normalized spacial score (nSPS) is 17.6. The summed E-state index contributed by atoms with van der Waals surface area (Å²) in [5.41, 5.74) is 0.390. The highest BCUT2D eigenvalue weighted by Gasteiger charge is 2.47. The molecule has 9 heteroatoms. The number of Topliss-reactive ketones (excluding diaryl/α,β-unsaturated/α-hetero) is 1. The number of aromatic nitrogens is 1. The maximum absolute atomic E-state index is 13.9. The van der Waals surface area contributed by atoms with Crippen molar-refractivity contribution in [3.63, 3.8) is 0 Å². The molecule has 4 rings (SSSR count). The molecule has 0 saturated carbocycles. The molecule has 1 amide bonds. The van der Waals surface area contributed by atoms with E-state index in [4.69, 9.17) is 27.9 Å². The van der Waals surface area contributed by atoms with Crippen LogP contribution < -0.4 is 9.64 Å². The molecule has 1 atom stereocenters. The number of carbonyl (C=O) groups excluding carboxylic acids is 2. The van der Waals surface area contributed by atoms with Crippen LogP contribution in [0.1, 0.15) is 17.2 Å². The monoisotopic (exact) mass is 472 g/mol. The number of hydrogen-bond donors (Lipinski definition) is 1. The van der Waals surface area contributed by atoms with Crippen molar-refractivity contribution in [2.24, 2.45) is 0 Å². The lowest BCUT2D eigenvalue weighted by Crippen LogP contribution is -2.29. The first-order valence-corrected chi connectivity index (χ1v) is 10.1. The van der Waals surface area contributed by atoms with Gasteiger partial charge in [-0.05, 0) is 42.0 Å². The molecule has 2 heterocycles. The zero-order valence-electron chi connectivity index (χ0n) is 16.6. The van der Waals surface area contributed by atoms with Crippen LogP contribution in [-0.4, -0.2) is 28.9 Å². The van der Waals surface area contributed by atoms with Gasteiger partial charge in [0.25, 0.3) is 11.7 Å².